The third-order valence-corrected chi connectivity index (χ3v) is 8.32. The van der Waals surface area contributed by atoms with Gasteiger partial charge >= 0.3 is 0 Å². The predicted octanol–water partition coefficient (Wildman–Crippen LogP) is 2.75. The molecule has 4 rings (SSSR count). The van der Waals surface area contributed by atoms with Crippen molar-refractivity contribution in [3.8, 4) is 0 Å². The quantitative estimate of drug-likeness (QED) is 0.740. The largest absolute Gasteiger partial charge is 0.399 e. The molecule has 0 aromatic rings. The van der Waals surface area contributed by atoms with E-state index in [1.54, 1.807) is 7.11 Å². The highest BCUT2D eigenvalue weighted by atomic mass is 16.6. The fourth-order valence-corrected chi connectivity index (χ4v) is 6.90. The van der Waals surface area contributed by atoms with E-state index in [1.165, 1.54) is 0 Å². The van der Waals surface area contributed by atoms with E-state index in [9.17, 15) is 14.7 Å². The average molecular weight is 347 g/mol. The molecule has 25 heavy (non-hydrogen) atoms. The third kappa shape index (κ3) is 2.20. The van der Waals surface area contributed by atoms with Crippen molar-refractivity contribution in [2.45, 2.75) is 64.9 Å². The Morgan fingerprint density at radius 3 is 2.60 bits per heavy atom. The minimum atomic E-state index is -0.630. The van der Waals surface area contributed by atoms with Crippen LogP contribution in [0.2, 0.25) is 0 Å². The molecule has 1 N–H and O–H groups in total. The lowest BCUT2D eigenvalue weighted by Crippen LogP contribution is -2.61. The van der Waals surface area contributed by atoms with Crippen molar-refractivity contribution in [1.82, 2.24) is 0 Å². The Morgan fingerprint density at radius 2 is 1.88 bits per heavy atom. The summed E-state index contributed by atoms with van der Waals surface area (Å²) in [5.41, 5.74) is 0.362. The van der Waals surface area contributed by atoms with Crippen molar-refractivity contribution in [2.75, 3.05) is 7.11 Å². The number of carbonyl (C=O) groups is 2. The number of carbonyl (C=O) groups excluding carboxylic acids is 2. The summed E-state index contributed by atoms with van der Waals surface area (Å²) in [7, 11) is 1.54. The van der Waals surface area contributed by atoms with Crippen molar-refractivity contribution >= 4 is 17.3 Å². The summed E-state index contributed by atoms with van der Waals surface area (Å²) in [5.74, 6) is 1.56. The molecule has 0 amide bonds. The molecule has 0 radical (unpaired) electrons. The van der Waals surface area contributed by atoms with Crippen molar-refractivity contribution in [3.05, 3.63) is 0 Å². The molecule has 2 unspecified atom stereocenters. The molecule has 4 saturated carbocycles. The van der Waals surface area contributed by atoms with Gasteiger partial charge in [0.05, 0.1) is 11.8 Å². The molecule has 4 aliphatic rings. The number of nitrogens with zero attached hydrogens (tertiary/aromatic N) is 1. The van der Waals surface area contributed by atoms with Crippen LogP contribution in [0.25, 0.3) is 0 Å². The zero-order valence-corrected chi connectivity index (χ0v) is 15.5. The normalized spacial score (nSPS) is 51.0. The number of Topliss-reactive ketones (excluding diaryl/α,β-unsaturated/α-hetero) is 2. The SMILES string of the molecule is CO/N=C1\C[C@@H]2[C@H](CC[C@]3(C)C(=O)CC[C@@H]23)[C@@]2(C)C(O)CC(=O)CC12. The summed E-state index contributed by atoms with van der Waals surface area (Å²) in [6.45, 7) is 4.29. The first-order chi connectivity index (χ1) is 11.8. The number of aliphatic hydroxyl groups excluding tert-OH is 1. The Kier molecular flexibility index (Phi) is 3.87. The van der Waals surface area contributed by atoms with E-state index in [1.807, 2.05) is 0 Å². The van der Waals surface area contributed by atoms with Crippen molar-refractivity contribution in [2.24, 2.45) is 39.7 Å². The number of rotatable bonds is 1. The molecule has 0 aliphatic heterocycles. The minimum Gasteiger partial charge on any atom is -0.399 e. The second kappa shape index (κ2) is 5.63. The molecular weight excluding hydrogens is 318 g/mol. The van der Waals surface area contributed by atoms with Crippen LogP contribution in [0.1, 0.15) is 58.8 Å². The lowest BCUT2D eigenvalue weighted by molar-refractivity contribution is -0.152. The fraction of sp³-hybridized carbons (Fsp3) is 0.850. The summed E-state index contributed by atoms with van der Waals surface area (Å²) in [6, 6.07) is 0. The Hall–Kier alpha value is -1.23. The summed E-state index contributed by atoms with van der Waals surface area (Å²) >= 11 is 0. The van der Waals surface area contributed by atoms with E-state index < -0.39 is 6.10 Å². The van der Waals surface area contributed by atoms with Gasteiger partial charge in [0.25, 0.3) is 0 Å². The Labute approximate surface area is 149 Å². The molecule has 0 bridgehead atoms. The molecule has 0 saturated heterocycles. The van der Waals surface area contributed by atoms with Crippen molar-refractivity contribution in [3.63, 3.8) is 0 Å². The zero-order valence-electron chi connectivity index (χ0n) is 15.5. The molecule has 0 spiro atoms. The van der Waals surface area contributed by atoms with Gasteiger partial charge in [0.2, 0.25) is 0 Å². The van der Waals surface area contributed by atoms with Gasteiger partial charge in [0.15, 0.2) is 0 Å². The van der Waals surface area contributed by atoms with Gasteiger partial charge in [0, 0.05) is 36.0 Å². The molecule has 0 heterocycles. The lowest BCUT2D eigenvalue weighted by Gasteiger charge is -2.60. The van der Waals surface area contributed by atoms with E-state index in [4.69, 9.17) is 4.84 Å². The number of hydrogen-bond acceptors (Lipinski definition) is 5. The number of aliphatic hydroxyl groups is 1. The van der Waals surface area contributed by atoms with E-state index in [0.29, 0.717) is 36.4 Å². The second-order valence-corrected chi connectivity index (χ2v) is 9.15. The van der Waals surface area contributed by atoms with Crippen LogP contribution in [0.5, 0.6) is 0 Å². The summed E-state index contributed by atoms with van der Waals surface area (Å²) in [5, 5.41) is 15.2. The van der Waals surface area contributed by atoms with Crippen LogP contribution in [0, 0.1) is 34.5 Å². The monoisotopic (exact) mass is 347 g/mol. The van der Waals surface area contributed by atoms with Gasteiger partial charge in [-0.3, -0.25) is 9.59 Å². The number of oxime groups is 1. The molecule has 5 heteroatoms. The highest BCUT2D eigenvalue weighted by molar-refractivity contribution is 5.95. The molecule has 4 fully saturated rings. The van der Waals surface area contributed by atoms with Crippen LogP contribution in [-0.2, 0) is 14.4 Å². The Morgan fingerprint density at radius 1 is 1.12 bits per heavy atom. The highest BCUT2D eigenvalue weighted by Crippen LogP contribution is 2.64. The minimum absolute atomic E-state index is 0.0357. The maximum Gasteiger partial charge on any atom is 0.139 e. The molecular formula is C20H29NO4. The molecule has 7 atom stereocenters. The highest BCUT2D eigenvalue weighted by Gasteiger charge is 2.64. The van der Waals surface area contributed by atoms with E-state index in [-0.39, 0.29) is 29.0 Å². The van der Waals surface area contributed by atoms with Gasteiger partial charge in [-0.2, -0.15) is 0 Å². The zero-order chi connectivity index (χ0) is 18.0. The topological polar surface area (TPSA) is 76.0 Å². The maximum atomic E-state index is 12.5. The maximum absolute atomic E-state index is 12.5. The average Bonchev–Trinajstić information content (AvgIpc) is 2.86. The van der Waals surface area contributed by atoms with Crippen LogP contribution >= 0.6 is 0 Å². The van der Waals surface area contributed by atoms with Crippen LogP contribution < -0.4 is 0 Å². The van der Waals surface area contributed by atoms with Crippen molar-refractivity contribution < 1.29 is 19.5 Å². The fourth-order valence-electron chi connectivity index (χ4n) is 6.90. The van der Waals surface area contributed by atoms with Gasteiger partial charge in [-0.25, -0.2) is 0 Å². The Balaban J connectivity index is 1.77. The van der Waals surface area contributed by atoms with Gasteiger partial charge in [-0.1, -0.05) is 19.0 Å². The lowest BCUT2D eigenvalue weighted by atomic mass is 9.44. The van der Waals surface area contributed by atoms with Crippen LogP contribution in [0.15, 0.2) is 5.16 Å². The number of hydrogen-bond donors (Lipinski definition) is 1. The molecule has 138 valence electrons. The molecule has 4 aliphatic carbocycles. The molecule has 0 aromatic carbocycles. The standard InChI is InChI=1S/C20H29NO4/c1-19-7-6-14-12(13(19)4-5-17(19)23)10-16(21-25-3)15-8-11(22)9-18(24)20(14,15)2/h12-15,18,24H,4-10H2,1-3H3/b21-16+/t12-,13-,14-,15?,18?,19-,20+/m0/s1. The Bertz CT molecular complexity index is 644. The van der Waals surface area contributed by atoms with Crippen molar-refractivity contribution in [1.29, 1.82) is 0 Å². The number of ketones is 2. The first-order valence-electron chi connectivity index (χ1n) is 9.65. The first kappa shape index (κ1) is 17.2. The summed E-state index contributed by atoms with van der Waals surface area (Å²) in [4.78, 5) is 29.8. The van der Waals surface area contributed by atoms with Crippen LogP contribution in [0.3, 0.4) is 0 Å². The van der Waals surface area contributed by atoms with Gasteiger partial charge in [-0.15, -0.1) is 0 Å². The first-order valence-corrected chi connectivity index (χ1v) is 9.65. The molecule has 5 nitrogen and oxygen atoms in total. The van der Waals surface area contributed by atoms with Gasteiger partial charge < -0.3 is 9.94 Å². The third-order valence-electron chi connectivity index (χ3n) is 8.32. The predicted molar refractivity (Wildman–Crippen MR) is 93.0 cm³/mol. The van der Waals surface area contributed by atoms with Crippen LogP contribution in [0.4, 0.5) is 0 Å². The smallest absolute Gasteiger partial charge is 0.139 e. The molecule has 0 aromatic heterocycles. The van der Waals surface area contributed by atoms with Gasteiger partial charge in [-0.05, 0) is 43.4 Å². The van der Waals surface area contributed by atoms with E-state index >= 15 is 0 Å². The summed E-state index contributed by atoms with van der Waals surface area (Å²) < 4.78 is 0. The van der Waals surface area contributed by atoms with Crippen LogP contribution in [-0.4, -0.2) is 35.6 Å². The summed E-state index contributed by atoms with van der Waals surface area (Å²) in [6.07, 6.45) is 4.38. The van der Waals surface area contributed by atoms with Gasteiger partial charge in [0.1, 0.15) is 18.7 Å². The van der Waals surface area contributed by atoms with E-state index in [0.717, 1.165) is 31.4 Å². The van der Waals surface area contributed by atoms with E-state index in [2.05, 4.69) is 19.0 Å². The second-order valence-electron chi connectivity index (χ2n) is 9.15. The number of fused-ring (bicyclic) bond motifs is 5.